The SMILES string of the molecule is CC(C)(CC(=O)O)NC(=O)NCCN1CCOCC1. The van der Waals surface area contributed by atoms with Gasteiger partial charge in [0, 0.05) is 31.7 Å². The summed E-state index contributed by atoms with van der Waals surface area (Å²) in [6.45, 7) is 7.91. The molecule has 0 aromatic carbocycles. The van der Waals surface area contributed by atoms with Crippen LogP contribution in [0.3, 0.4) is 0 Å². The molecule has 110 valence electrons. The van der Waals surface area contributed by atoms with E-state index in [-0.39, 0.29) is 12.5 Å². The number of hydrogen-bond donors (Lipinski definition) is 3. The van der Waals surface area contributed by atoms with E-state index in [1.54, 1.807) is 13.8 Å². The van der Waals surface area contributed by atoms with E-state index >= 15 is 0 Å². The number of rotatable bonds is 6. The summed E-state index contributed by atoms with van der Waals surface area (Å²) in [5, 5.41) is 14.1. The standard InChI is InChI=1S/C12H23N3O4/c1-12(2,9-10(16)17)14-11(18)13-3-4-15-5-7-19-8-6-15/h3-9H2,1-2H3,(H,16,17)(H2,13,14,18). The Hall–Kier alpha value is -1.34. The Morgan fingerprint density at radius 1 is 1.32 bits per heavy atom. The predicted octanol–water partition coefficient (Wildman–Crippen LogP) is -0.129. The minimum atomic E-state index is -0.932. The zero-order valence-corrected chi connectivity index (χ0v) is 11.6. The minimum absolute atomic E-state index is 0.107. The molecule has 1 saturated heterocycles. The number of carboxylic acids is 1. The average Bonchev–Trinajstić information content (AvgIpc) is 2.27. The summed E-state index contributed by atoms with van der Waals surface area (Å²) in [5.74, 6) is -0.932. The lowest BCUT2D eigenvalue weighted by atomic mass is 10.0. The van der Waals surface area contributed by atoms with Crippen molar-refractivity contribution < 1.29 is 19.4 Å². The number of carboxylic acid groups (broad SMARTS) is 1. The first-order valence-corrected chi connectivity index (χ1v) is 6.47. The van der Waals surface area contributed by atoms with Gasteiger partial charge in [-0.3, -0.25) is 9.69 Å². The molecule has 7 nitrogen and oxygen atoms in total. The Bertz CT molecular complexity index is 314. The molecular formula is C12H23N3O4. The van der Waals surface area contributed by atoms with E-state index in [9.17, 15) is 9.59 Å². The third-order valence-electron chi connectivity index (χ3n) is 2.86. The first-order valence-electron chi connectivity index (χ1n) is 6.47. The third-order valence-corrected chi connectivity index (χ3v) is 2.86. The lowest BCUT2D eigenvalue weighted by Gasteiger charge is -2.27. The van der Waals surface area contributed by atoms with E-state index in [1.807, 2.05) is 0 Å². The number of nitrogens with one attached hydrogen (secondary N) is 2. The Balaban J connectivity index is 2.18. The van der Waals surface area contributed by atoms with Gasteiger partial charge >= 0.3 is 12.0 Å². The van der Waals surface area contributed by atoms with Crippen LogP contribution in [0.15, 0.2) is 0 Å². The van der Waals surface area contributed by atoms with Crippen LogP contribution in [0.2, 0.25) is 0 Å². The molecule has 0 atom stereocenters. The van der Waals surface area contributed by atoms with E-state index in [0.717, 1.165) is 32.8 Å². The van der Waals surface area contributed by atoms with Crippen molar-refractivity contribution in [2.24, 2.45) is 0 Å². The molecule has 0 aromatic rings. The van der Waals surface area contributed by atoms with Gasteiger partial charge in [-0.05, 0) is 13.8 Å². The number of amides is 2. The second-order valence-corrected chi connectivity index (χ2v) is 5.29. The summed E-state index contributed by atoms with van der Waals surface area (Å²) < 4.78 is 5.23. The monoisotopic (exact) mass is 273 g/mol. The molecule has 0 unspecified atom stereocenters. The molecule has 3 N–H and O–H groups in total. The second kappa shape index (κ2) is 7.30. The highest BCUT2D eigenvalue weighted by atomic mass is 16.5. The van der Waals surface area contributed by atoms with Gasteiger partial charge in [0.15, 0.2) is 0 Å². The average molecular weight is 273 g/mol. The molecule has 1 fully saturated rings. The fourth-order valence-electron chi connectivity index (χ4n) is 1.93. The van der Waals surface area contributed by atoms with Gasteiger partial charge in [-0.25, -0.2) is 4.79 Å². The van der Waals surface area contributed by atoms with Crippen molar-refractivity contribution >= 4 is 12.0 Å². The number of carbonyl (C=O) groups excluding carboxylic acids is 1. The number of morpholine rings is 1. The minimum Gasteiger partial charge on any atom is -0.481 e. The Morgan fingerprint density at radius 2 is 1.95 bits per heavy atom. The molecule has 19 heavy (non-hydrogen) atoms. The molecule has 0 spiro atoms. The van der Waals surface area contributed by atoms with Gasteiger partial charge in [0.25, 0.3) is 0 Å². The van der Waals surface area contributed by atoms with Crippen molar-refractivity contribution in [3.63, 3.8) is 0 Å². The normalized spacial score (nSPS) is 16.9. The fraction of sp³-hybridized carbons (Fsp3) is 0.833. The molecule has 0 aromatic heterocycles. The van der Waals surface area contributed by atoms with E-state index in [4.69, 9.17) is 9.84 Å². The lowest BCUT2D eigenvalue weighted by Crippen LogP contribution is -2.51. The molecule has 7 heteroatoms. The first-order chi connectivity index (χ1) is 8.89. The fourth-order valence-corrected chi connectivity index (χ4v) is 1.93. The summed E-state index contributed by atoms with van der Waals surface area (Å²) in [6, 6.07) is -0.334. The maximum absolute atomic E-state index is 11.6. The van der Waals surface area contributed by atoms with Crippen LogP contribution in [0.1, 0.15) is 20.3 Å². The van der Waals surface area contributed by atoms with Gasteiger partial charge in [-0.2, -0.15) is 0 Å². The van der Waals surface area contributed by atoms with Crippen LogP contribution in [-0.4, -0.2) is 66.9 Å². The maximum atomic E-state index is 11.6. The molecule has 0 saturated carbocycles. The molecule has 1 rings (SSSR count). The van der Waals surface area contributed by atoms with Crippen LogP contribution < -0.4 is 10.6 Å². The largest absolute Gasteiger partial charge is 0.481 e. The zero-order valence-electron chi connectivity index (χ0n) is 11.6. The van der Waals surface area contributed by atoms with Crippen LogP contribution in [0.4, 0.5) is 4.79 Å². The number of nitrogens with zero attached hydrogens (tertiary/aromatic N) is 1. The summed E-state index contributed by atoms with van der Waals surface area (Å²) >= 11 is 0. The van der Waals surface area contributed by atoms with Crippen LogP contribution >= 0.6 is 0 Å². The van der Waals surface area contributed by atoms with Crippen LogP contribution in [0.5, 0.6) is 0 Å². The van der Waals surface area contributed by atoms with Crippen molar-refractivity contribution in [1.29, 1.82) is 0 Å². The highest BCUT2D eigenvalue weighted by molar-refractivity contribution is 5.76. The molecule has 0 radical (unpaired) electrons. The predicted molar refractivity (Wildman–Crippen MR) is 70.1 cm³/mol. The summed E-state index contributed by atoms with van der Waals surface area (Å²) in [6.07, 6.45) is -0.107. The number of ether oxygens (including phenoxy) is 1. The molecule has 1 heterocycles. The van der Waals surface area contributed by atoms with E-state index in [0.29, 0.717) is 6.54 Å². The highest BCUT2D eigenvalue weighted by Gasteiger charge is 2.23. The van der Waals surface area contributed by atoms with Gasteiger partial charge in [0.1, 0.15) is 0 Å². The quantitative estimate of drug-likeness (QED) is 0.627. The lowest BCUT2D eigenvalue weighted by molar-refractivity contribution is -0.138. The molecule has 0 bridgehead atoms. The van der Waals surface area contributed by atoms with E-state index < -0.39 is 11.5 Å². The van der Waals surface area contributed by atoms with Crippen molar-refractivity contribution in [3.8, 4) is 0 Å². The summed E-state index contributed by atoms with van der Waals surface area (Å²) in [5.41, 5.74) is -0.755. The smallest absolute Gasteiger partial charge is 0.315 e. The number of carbonyl (C=O) groups is 2. The van der Waals surface area contributed by atoms with E-state index in [2.05, 4.69) is 15.5 Å². The Morgan fingerprint density at radius 3 is 2.53 bits per heavy atom. The number of urea groups is 1. The topological polar surface area (TPSA) is 90.9 Å². The Labute approximate surface area is 113 Å². The molecule has 2 amide bonds. The van der Waals surface area contributed by atoms with Crippen LogP contribution in [0.25, 0.3) is 0 Å². The van der Waals surface area contributed by atoms with Crippen molar-refractivity contribution in [3.05, 3.63) is 0 Å². The maximum Gasteiger partial charge on any atom is 0.315 e. The Kier molecular flexibility index (Phi) is 6.04. The molecule has 0 aliphatic carbocycles. The van der Waals surface area contributed by atoms with E-state index in [1.165, 1.54) is 0 Å². The first kappa shape index (κ1) is 15.7. The molecule has 1 aliphatic rings. The van der Waals surface area contributed by atoms with Gasteiger partial charge < -0.3 is 20.5 Å². The highest BCUT2D eigenvalue weighted by Crippen LogP contribution is 2.07. The van der Waals surface area contributed by atoms with Gasteiger partial charge in [-0.15, -0.1) is 0 Å². The zero-order chi connectivity index (χ0) is 14.3. The third kappa shape index (κ3) is 6.97. The number of hydrogen-bond acceptors (Lipinski definition) is 4. The van der Waals surface area contributed by atoms with Gasteiger partial charge in [0.2, 0.25) is 0 Å². The van der Waals surface area contributed by atoms with Crippen LogP contribution in [0, 0.1) is 0 Å². The van der Waals surface area contributed by atoms with Crippen molar-refractivity contribution in [1.82, 2.24) is 15.5 Å². The van der Waals surface area contributed by atoms with Crippen molar-refractivity contribution in [2.75, 3.05) is 39.4 Å². The summed E-state index contributed by atoms with van der Waals surface area (Å²) in [7, 11) is 0. The number of aliphatic carboxylic acids is 1. The van der Waals surface area contributed by atoms with Crippen molar-refractivity contribution in [2.45, 2.75) is 25.8 Å². The van der Waals surface area contributed by atoms with Gasteiger partial charge in [0.05, 0.1) is 19.6 Å². The molecule has 1 aliphatic heterocycles. The molecular weight excluding hydrogens is 250 g/mol. The second-order valence-electron chi connectivity index (χ2n) is 5.29. The van der Waals surface area contributed by atoms with Crippen LogP contribution in [-0.2, 0) is 9.53 Å². The van der Waals surface area contributed by atoms with Gasteiger partial charge in [-0.1, -0.05) is 0 Å². The summed E-state index contributed by atoms with van der Waals surface area (Å²) in [4.78, 5) is 24.5.